The lowest BCUT2D eigenvalue weighted by atomic mass is 10.2. The van der Waals surface area contributed by atoms with Crippen LogP contribution in [0.3, 0.4) is 0 Å². The normalized spacial score (nSPS) is 10.9. The maximum Gasteiger partial charge on any atom is 0.266 e. The largest absolute Gasteiger partial charge is 0.266 e. The minimum atomic E-state index is -2.63. The Morgan fingerprint density at radius 2 is 2.00 bits per heavy atom. The molecular formula is C7H4BrCl2F2N. The molecule has 1 aromatic rings. The highest BCUT2D eigenvalue weighted by molar-refractivity contribution is 9.08. The zero-order valence-corrected chi connectivity index (χ0v) is 9.30. The highest BCUT2D eigenvalue weighted by Crippen LogP contribution is 2.29. The van der Waals surface area contributed by atoms with Gasteiger partial charge >= 0.3 is 0 Å². The van der Waals surface area contributed by atoms with Crippen molar-refractivity contribution in [2.24, 2.45) is 0 Å². The molecule has 0 aliphatic heterocycles. The highest BCUT2D eigenvalue weighted by atomic mass is 79.9. The monoisotopic (exact) mass is 289 g/mol. The summed E-state index contributed by atoms with van der Waals surface area (Å²) in [6, 6.07) is 1.25. The van der Waals surface area contributed by atoms with E-state index in [1.54, 1.807) is 0 Å². The van der Waals surface area contributed by atoms with Gasteiger partial charge in [0, 0.05) is 10.9 Å². The molecule has 0 spiro atoms. The van der Waals surface area contributed by atoms with Crippen molar-refractivity contribution in [3.05, 3.63) is 27.5 Å². The predicted molar refractivity (Wildman–Crippen MR) is 51.8 cm³/mol. The average molecular weight is 291 g/mol. The number of hydrogen-bond acceptors (Lipinski definition) is 1. The predicted octanol–water partition coefficient (Wildman–Crippen LogP) is 4.22. The van der Waals surface area contributed by atoms with Gasteiger partial charge in [0.15, 0.2) is 0 Å². The van der Waals surface area contributed by atoms with Gasteiger partial charge in [0.25, 0.3) is 6.43 Å². The Morgan fingerprint density at radius 1 is 1.38 bits per heavy atom. The Morgan fingerprint density at radius 3 is 2.46 bits per heavy atom. The van der Waals surface area contributed by atoms with Crippen molar-refractivity contribution >= 4 is 39.1 Å². The molecule has 72 valence electrons. The topological polar surface area (TPSA) is 12.9 Å². The molecule has 0 radical (unpaired) electrons. The molecule has 0 fully saturated rings. The quantitative estimate of drug-likeness (QED) is 0.587. The molecule has 1 rings (SSSR count). The fourth-order valence-corrected chi connectivity index (χ4v) is 1.84. The van der Waals surface area contributed by atoms with Crippen LogP contribution in [0, 0.1) is 0 Å². The second kappa shape index (κ2) is 4.53. The van der Waals surface area contributed by atoms with Gasteiger partial charge in [-0.3, -0.25) is 0 Å². The summed E-state index contributed by atoms with van der Waals surface area (Å²) in [7, 11) is 0. The molecule has 13 heavy (non-hydrogen) atoms. The van der Waals surface area contributed by atoms with Crippen LogP contribution >= 0.6 is 39.1 Å². The van der Waals surface area contributed by atoms with Crippen LogP contribution in [0.25, 0.3) is 0 Å². The zero-order valence-electron chi connectivity index (χ0n) is 6.20. The second-order valence-electron chi connectivity index (χ2n) is 2.25. The molecule has 1 nitrogen and oxygen atoms in total. The van der Waals surface area contributed by atoms with Crippen molar-refractivity contribution in [3.63, 3.8) is 0 Å². The Hall–Kier alpha value is 0.0700. The summed E-state index contributed by atoms with van der Waals surface area (Å²) in [5, 5.41) is 0.270. The van der Waals surface area contributed by atoms with Gasteiger partial charge in [-0.25, -0.2) is 13.8 Å². The van der Waals surface area contributed by atoms with Crippen LogP contribution in [-0.4, -0.2) is 4.98 Å². The van der Waals surface area contributed by atoms with Gasteiger partial charge in [-0.05, 0) is 6.07 Å². The van der Waals surface area contributed by atoms with Crippen molar-refractivity contribution in [1.29, 1.82) is 0 Å². The van der Waals surface area contributed by atoms with Crippen molar-refractivity contribution in [1.82, 2.24) is 4.98 Å². The summed E-state index contributed by atoms with van der Waals surface area (Å²) >= 11 is 14.2. The maximum atomic E-state index is 12.3. The van der Waals surface area contributed by atoms with Gasteiger partial charge in [-0.2, -0.15) is 0 Å². The van der Waals surface area contributed by atoms with Crippen LogP contribution in [0.4, 0.5) is 8.78 Å². The Bertz CT molecular complexity index is 320. The van der Waals surface area contributed by atoms with Gasteiger partial charge in [-0.1, -0.05) is 39.1 Å². The van der Waals surface area contributed by atoms with E-state index in [2.05, 4.69) is 20.9 Å². The van der Waals surface area contributed by atoms with Gasteiger partial charge in [-0.15, -0.1) is 0 Å². The molecule has 1 heterocycles. The molecule has 0 atom stereocenters. The fourth-order valence-electron chi connectivity index (χ4n) is 0.776. The molecule has 1 aromatic heterocycles. The lowest BCUT2D eigenvalue weighted by molar-refractivity contribution is 0.151. The van der Waals surface area contributed by atoms with E-state index in [1.807, 2.05) is 0 Å². The number of alkyl halides is 3. The average Bonchev–Trinajstić information content (AvgIpc) is 2.03. The van der Waals surface area contributed by atoms with E-state index in [1.165, 1.54) is 6.07 Å². The van der Waals surface area contributed by atoms with Crippen molar-refractivity contribution in [3.8, 4) is 0 Å². The summed E-state index contributed by atoms with van der Waals surface area (Å²) in [6.07, 6.45) is -2.63. The van der Waals surface area contributed by atoms with Crippen LogP contribution in [0.2, 0.25) is 10.3 Å². The van der Waals surface area contributed by atoms with E-state index in [0.717, 1.165) is 0 Å². The molecule has 0 aromatic carbocycles. The maximum absolute atomic E-state index is 12.3. The fraction of sp³-hybridized carbons (Fsp3) is 0.286. The van der Waals surface area contributed by atoms with Gasteiger partial charge in [0.2, 0.25) is 0 Å². The van der Waals surface area contributed by atoms with Crippen LogP contribution in [0.1, 0.15) is 17.6 Å². The molecule has 0 aliphatic carbocycles. The first-order valence-corrected chi connectivity index (χ1v) is 5.13. The van der Waals surface area contributed by atoms with E-state index in [9.17, 15) is 8.78 Å². The minimum Gasteiger partial charge on any atom is -0.224 e. The molecule has 0 saturated carbocycles. The molecule has 0 aliphatic rings. The van der Waals surface area contributed by atoms with E-state index in [0.29, 0.717) is 10.9 Å². The summed E-state index contributed by atoms with van der Waals surface area (Å²) < 4.78 is 24.6. The van der Waals surface area contributed by atoms with E-state index in [-0.39, 0.29) is 15.9 Å². The summed E-state index contributed by atoms with van der Waals surface area (Å²) in [6.45, 7) is 0. The number of pyridine rings is 1. The molecule has 0 saturated heterocycles. The Balaban J connectivity index is 3.22. The van der Waals surface area contributed by atoms with Crippen molar-refractivity contribution < 1.29 is 8.78 Å². The van der Waals surface area contributed by atoms with Crippen molar-refractivity contribution in [2.45, 2.75) is 11.8 Å². The van der Waals surface area contributed by atoms with E-state index < -0.39 is 6.43 Å². The van der Waals surface area contributed by atoms with E-state index in [4.69, 9.17) is 23.2 Å². The Labute approximate surface area is 92.2 Å². The third-order valence-corrected chi connectivity index (χ3v) is 2.64. The smallest absolute Gasteiger partial charge is 0.224 e. The minimum absolute atomic E-state index is 0.145. The van der Waals surface area contributed by atoms with Crippen LogP contribution in [0.5, 0.6) is 0 Å². The van der Waals surface area contributed by atoms with Crippen LogP contribution < -0.4 is 0 Å². The zero-order chi connectivity index (χ0) is 10.0. The molecule has 6 heteroatoms. The molecule has 0 N–H and O–H groups in total. The number of rotatable bonds is 2. The van der Waals surface area contributed by atoms with Gasteiger partial charge in [0.05, 0.1) is 5.56 Å². The molecular weight excluding hydrogens is 287 g/mol. The summed E-state index contributed by atoms with van der Waals surface area (Å²) in [4.78, 5) is 3.59. The third-order valence-electron chi connectivity index (χ3n) is 1.41. The first-order chi connectivity index (χ1) is 6.06. The number of nitrogens with zero attached hydrogens (tertiary/aromatic N) is 1. The second-order valence-corrected chi connectivity index (χ2v) is 3.53. The third kappa shape index (κ3) is 2.51. The summed E-state index contributed by atoms with van der Waals surface area (Å²) in [5.74, 6) is 0. The molecule has 0 bridgehead atoms. The van der Waals surface area contributed by atoms with Gasteiger partial charge < -0.3 is 0 Å². The number of hydrogen-bond donors (Lipinski definition) is 0. The lowest BCUT2D eigenvalue weighted by Crippen LogP contribution is -1.93. The highest BCUT2D eigenvalue weighted by Gasteiger charge is 2.15. The van der Waals surface area contributed by atoms with Crippen LogP contribution in [-0.2, 0) is 5.33 Å². The standard InChI is InChI=1S/C7H4BrCl2F2N/c8-2-3-1-4(7(11)12)6(10)13-5(3)9/h1,7H,2H2. The molecule has 0 unspecified atom stereocenters. The first-order valence-electron chi connectivity index (χ1n) is 3.25. The SMILES string of the molecule is FC(F)c1cc(CBr)c(Cl)nc1Cl. The molecule has 0 amide bonds. The van der Waals surface area contributed by atoms with E-state index >= 15 is 0 Å². The number of halogens is 5. The van der Waals surface area contributed by atoms with Gasteiger partial charge in [0.1, 0.15) is 10.3 Å². The van der Waals surface area contributed by atoms with Crippen molar-refractivity contribution in [2.75, 3.05) is 0 Å². The summed E-state index contributed by atoms with van der Waals surface area (Å²) in [5.41, 5.74) is 0.210. The number of aromatic nitrogens is 1. The first kappa shape index (κ1) is 11.1. The van der Waals surface area contributed by atoms with Crippen LogP contribution in [0.15, 0.2) is 6.07 Å². The Kier molecular flexibility index (Phi) is 3.88. The lowest BCUT2D eigenvalue weighted by Gasteiger charge is -2.05.